The van der Waals surface area contributed by atoms with Gasteiger partial charge in [0.05, 0.1) is 13.2 Å². The highest BCUT2D eigenvalue weighted by molar-refractivity contribution is 5.87. The number of hydrogen-bond acceptors (Lipinski definition) is 4. The van der Waals surface area contributed by atoms with E-state index in [1.165, 1.54) is 0 Å². The first-order chi connectivity index (χ1) is 11.0. The van der Waals surface area contributed by atoms with E-state index >= 15 is 0 Å². The zero-order valence-corrected chi connectivity index (χ0v) is 14.6. The van der Waals surface area contributed by atoms with E-state index < -0.39 is 6.04 Å². The molecule has 0 radical (unpaired) electrons. The van der Waals surface area contributed by atoms with Gasteiger partial charge in [0.25, 0.3) is 0 Å². The highest BCUT2D eigenvalue weighted by Gasteiger charge is 2.30. The summed E-state index contributed by atoms with van der Waals surface area (Å²) in [5.41, 5.74) is 0. The molecule has 1 N–H and O–H groups in total. The third-order valence-corrected chi connectivity index (χ3v) is 4.42. The lowest BCUT2D eigenvalue weighted by Crippen LogP contribution is -2.57. The number of nitrogens with one attached hydrogen (secondary N) is 1. The van der Waals surface area contributed by atoms with Crippen molar-refractivity contribution in [3.8, 4) is 0 Å². The minimum Gasteiger partial charge on any atom is -0.378 e. The fraction of sp³-hybridized carbons (Fsp3) is 0.875. The van der Waals surface area contributed by atoms with Gasteiger partial charge < -0.3 is 24.8 Å². The van der Waals surface area contributed by atoms with Crippen molar-refractivity contribution in [1.82, 2.24) is 20.0 Å². The molecule has 2 rings (SSSR count). The van der Waals surface area contributed by atoms with Crippen molar-refractivity contribution < 1.29 is 14.3 Å². The van der Waals surface area contributed by atoms with E-state index in [0.29, 0.717) is 38.6 Å². The van der Waals surface area contributed by atoms with Crippen molar-refractivity contribution in [3.05, 3.63) is 0 Å². The average Bonchev–Trinajstić information content (AvgIpc) is 2.54. The van der Waals surface area contributed by atoms with Crippen LogP contribution in [0.1, 0.15) is 20.3 Å². The molecule has 0 unspecified atom stereocenters. The lowest BCUT2D eigenvalue weighted by Gasteiger charge is -2.36. The topological polar surface area (TPSA) is 65.1 Å². The second kappa shape index (κ2) is 8.49. The lowest BCUT2D eigenvalue weighted by molar-refractivity contribution is -0.135. The zero-order chi connectivity index (χ0) is 16.8. The molecule has 3 amide bonds. The molecule has 2 heterocycles. The summed E-state index contributed by atoms with van der Waals surface area (Å²) in [7, 11) is 2.06. The molecule has 0 aromatic heterocycles. The summed E-state index contributed by atoms with van der Waals surface area (Å²) in [6, 6.07) is -0.588. The first-order valence-electron chi connectivity index (χ1n) is 8.58. The molecule has 2 saturated heterocycles. The molecule has 0 spiro atoms. The summed E-state index contributed by atoms with van der Waals surface area (Å²) in [5.74, 6) is 0.398. The van der Waals surface area contributed by atoms with Crippen LogP contribution in [-0.4, -0.2) is 92.2 Å². The standard InChI is InChI=1S/C16H30N4O3/c1-13(2)12-14(15(21)19-6-4-18(3)5-7-19)17-16(22)20-8-10-23-11-9-20/h13-14H,4-12H2,1-3H3,(H,17,22)/t14-/m1/s1. The molecule has 7 heteroatoms. The molecule has 2 fully saturated rings. The number of hydrogen-bond donors (Lipinski definition) is 1. The Morgan fingerprint density at radius 2 is 1.61 bits per heavy atom. The van der Waals surface area contributed by atoms with Gasteiger partial charge in [0.15, 0.2) is 0 Å². The number of nitrogens with zero attached hydrogens (tertiary/aromatic N) is 3. The molecular formula is C16H30N4O3. The van der Waals surface area contributed by atoms with Gasteiger partial charge in [-0.1, -0.05) is 13.8 Å². The van der Waals surface area contributed by atoms with Crippen molar-refractivity contribution in [1.29, 1.82) is 0 Å². The second-order valence-corrected chi connectivity index (χ2v) is 6.86. The summed E-state index contributed by atoms with van der Waals surface area (Å²) in [5, 5.41) is 2.95. The van der Waals surface area contributed by atoms with Gasteiger partial charge >= 0.3 is 6.03 Å². The Labute approximate surface area is 138 Å². The van der Waals surface area contributed by atoms with Gasteiger partial charge in [0.1, 0.15) is 6.04 Å². The van der Waals surface area contributed by atoms with E-state index in [-0.39, 0.29) is 11.9 Å². The highest BCUT2D eigenvalue weighted by Crippen LogP contribution is 2.11. The van der Waals surface area contributed by atoms with E-state index in [9.17, 15) is 9.59 Å². The lowest BCUT2D eigenvalue weighted by atomic mass is 10.0. The second-order valence-electron chi connectivity index (χ2n) is 6.86. The summed E-state index contributed by atoms with van der Waals surface area (Å²) in [6.07, 6.45) is 0.668. The van der Waals surface area contributed by atoms with Crippen LogP contribution < -0.4 is 5.32 Å². The Morgan fingerprint density at radius 3 is 2.17 bits per heavy atom. The number of likely N-dealkylation sites (N-methyl/N-ethyl adjacent to an activating group) is 1. The minimum atomic E-state index is -0.436. The van der Waals surface area contributed by atoms with Crippen molar-refractivity contribution in [2.75, 3.05) is 59.5 Å². The van der Waals surface area contributed by atoms with Gasteiger partial charge in [0, 0.05) is 39.3 Å². The molecule has 7 nitrogen and oxygen atoms in total. The smallest absolute Gasteiger partial charge is 0.318 e. The highest BCUT2D eigenvalue weighted by atomic mass is 16.5. The Balaban J connectivity index is 1.95. The van der Waals surface area contributed by atoms with Gasteiger partial charge in [-0.3, -0.25) is 4.79 Å². The maximum absolute atomic E-state index is 12.8. The number of ether oxygens (including phenoxy) is 1. The molecule has 0 bridgehead atoms. The summed E-state index contributed by atoms with van der Waals surface area (Å²) < 4.78 is 5.27. The SMILES string of the molecule is CC(C)C[C@@H](NC(=O)N1CCOCC1)C(=O)N1CCN(C)CC1. The monoisotopic (exact) mass is 326 g/mol. The van der Waals surface area contributed by atoms with Crippen LogP contribution in [0.25, 0.3) is 0 Å². The van der Waals surface area contributed by atoms with Crippen molar-refractivity contribution in [2.45, 2.75) is 26.3 Å². The van der Waals surface area contributed by atoms with Crippen LogP contribution >= 0.6 is 0 Å². The van der Waals surface area contributed by atoms with Crippen molar-refractivity contribution in [2.24, 2.45) is 5.92 Å². The molecular weight excluding hydrogens is 296 g/mol. The zero-order valence-electron chi connectivity index (χ0n) is 14.6. The van der Waals surface area contributed by atoms with Gasteiger partial charge in [-0.2, -0.15) is 0 Å². The average molecular weight is 326 g/mol. The van der Waals surface area contributed by atoms with Crippen molar-refractivity contribution in [3.63, 3.8) is 0 Å². The molecule has 0 saturated carbocycles. The predicted octanol–water partition coefficient (Wildman–Crippen LogP) is 0.217. The summed E-state index contributed by atoms with van der Waals surface area (Å²) >= 11 is 0. The van der Waals surface area contributed by atoms with E-state index in [4.69, 9.17) is 4.74 Å². The van der Waals surface area contributed by atoms with Crippen molar-refractivity contribution >= 4 is 11.9 Å². The quantitative estimate of drug-likeness (QED) is 0.802. The van der Waals surface area contributed by atoms with Crippen LogP contribution in [0.3, 0.4) is 0 Å². The van der Waals surface area contributed by atoms with Crippen LogP contribution in [-0.2, 0) is 9.53 Å². The first kappa shape index (κ1) is 18.0. The molecule has 0 aliphatic carbocycles. The Bertz CT molecular complexity index is 402. The number of morpholine rings is 1. The number of piperazine rings is 1. The van der Waals surface area contributed by atoms with E-state index in [1.54, 1.807) is 4.90 Å². The Hall–Kier alpha value is -1.34. The van der Waals surface area contributed by atoms with Crippen LogP contribution in [0.2, 0.25) is 0 Å². The molecule has 132 valence electrons. The number of rotatable bonds is 4. The van der Waals surface area contributed by atoms with E-state index in [0.717, 1.165) is 26.2 Å². The van der Waals surface area contributed by atoms with Crippen LogP contribution in [0, 0.1) is 5.92 Å². The molecule has 2 aliphatic rings. The number of amides is 3. The van der Waals surface area contributed by atoms with Crippen LogP contribution in [0.4, 0.5) is 4.79 Å². The Morgan fingerprint density at radius 1 is 1.00 bits per heavy atom. The molecule has 23 heavy (non-hydrogen) atoms. The minimum absolute atomic E-state index is 0.0495. The molecule has 0 aromatic carbocycles. The van der Waals surface area contributed by atoms with E-state index in [1.807, 2.05) is 4.90 Å². The fourth-order valence-corrected chi connectivity index (χ4v) is 2.95. The predicted molar refractivity (Wildman–Crippen MR) is 88.2 cm³/mol. The summed E-state index contributed by atoms with van der Waals surface area (Å²) in [4.78, 5) is 31.0. The number of carbonyl (C=O) groups excluding carboxylic acids is 2. The molecule has 1 atom stereocenters. The van der Waals surface area contributed by atoms with Gasteiger partial charge in [-0.25, -0.2) is 4.79 Å². The van der Waals surface area contributed by atoms with Crippen LogP contribution in [0.15, 0.2) is 0 Å². The number of urea groups is 1. The molecule has 0 aromatic rings. The normalized spacial score (nSPS) is 21.4. The summed E-state index contributed by atoms with van der Waals surface area (Å²) in [6.45, 7) is 9.69. The third kappa shape index (κ3) is 5.35. The first-order valence-corrected chi connectivity index (χ1v) is 8.58. The third-order valence-electron chi connectivity index (χ3n) is 4.42. The largest absolute Gasteiger partial charge is 0.378 e. The van der Waals surface area contributed by atoms with Gasteiger partial charge in [-0.05, 0) is 19.4 Å². The maximum atomic E-state index is 12.8. The Kier molecular flexibility index (Phi) is 6.65. The molecule has 2 aliphatic heterocycles. The van der Waals surface area contributed by atoms with Gasteiger partial charge in [-0.15, -0.1) is 0 Å². The van der Waals surface area contributed by atoms with Crippen LogP contribution in [0.5, 0.6) is 0 Å². The maximum Gasteiger partial charge on any atom is 0.318 e. The van der Waals surface area contributed by atoms with E-state index in [2.05, 4.69) is 31.1 Å². The van der Waals surface area contributed by atoms with Gasteiger partial charge in [0.2, 0.25) is 5.91 Å². The number of carbonyl (C=O) groups is 2. The fourth-order valence-electron chi connectivity index (χ4n) is 2.95.